The Balaban J connectivity index is 1.20. The quantitative estimate of drug-likeness (QED) is 0.673. The van der Waals surface area contributed by atoms with Gasteiger partial charge in [0.1, 0.15) is 0 Å². The fourth-order valence-electron chi connectivity index (χ4n) is 6.53. The van der Waals surface area contributed by atoms with Gasteiger partial charge in [0.25, 0.3) is 0 Å². The Morgan fingerprint density at radius 1 is 0.632 bits per heavy atom. The van der Waals surface area contributed by atoms with E-state index in [0.29, 0.717) is 0 Å². The van der Waals surface area contributed by atoms with E-state index in [4.69, 9.17) is 0 Å². The minimum absolute atomic E-state index is 0.874. The van der Waals surface area contributed by atoms with E-state index in [-0.39, 0.29) is 0 Å². The molecule has 0 spiro atoms. The Kier molecular flexibility index (Phi) is 1.88. The predicted molar refractivity (Wildman–Crippen MR) is 73.7 cm³/mol. The minimum atomic E-state index is 0.874. The third-order valence-corrected chi connectivity index (χ3v) is 7.55. The van der Waals surface area contributed by atoms with Crippen molar-refractivity contribution in [2.24, 2.45) is 41.4 Å². The fraction of sp³-hybridized carbons (Fsp3) is 1.00. The molecule has 0 radical (unpaired) electrons. The van der Waals surface area contributed by atoms with E-state index in [9.17, 15) is 0 Å². The maximum absolute atomic E-state index is 3.89. The van der Waals surface area contributed by atoms with E-state index in [2.05, 4.69) is 16.0 Å². The molecule has 10 unspecified atom stereocenters. The van der Waals surface area contributed by atoms with Crippen molar-refractivity contribution >= 4 is 0 Å². The molecule has 6 aliphatic rings. The Labute approximate surface area is 115 Å². The molecule has 3 saturated heterocycles. The summed E-state index contributed by atoms with van der Waals surface area (Å²) in [4.78, 5) is 0. The summed E-state index contributed by atoms with van der Waals surface area (Å²) < 4.78 is 0. The highest BCUT2D eigenvalue weighted by Gasteiger charge is 2.69. The van der Waals surface area contributed by atoms with E-state index in [0.717, 1.165) is 59.6 Å². The summed E-state index contributed by atoms with van der Waals surface area (Å²) in [5, 5.41) is 11.5. The molecule has 3 heterocycles. The normalized spacial score (nSPS) is 68.2. The molecule has 3 aliphatic carbocycles. The van der Waals surface area contributed by atoms with Crippen LogP contribution in [0.25, 0.3) is 0 Å². The highest BCUT2D eigenvalue weighted by Crippen LogP contribution is 2.64. The van der Waals surface area contributed by atoms with Crippen LogP contribution >= 0.6 is 0 Å². The first kappa shape index (κ1) is 10.6. The van der Waals surface area contributed by atoms with Gasteiger partial charge in [0.05, 0.1) is 0 Å². The topological polar surface area (TPSA) is 36.1 Å². The SMILES string of the molecule is C1CC2C(N1)C2C1NCC2C(C3NCCC4CC43)C21. The molecular weight excluding hydrogens is 234 g/mol. The molecule has 19 heavy (non-hydrogen) atoms. The van der Waals surface area contributed by atoms with Crippen LogP contribution < -0.4 is 16.0 Å². The van der Waals surface area contributed by atoms with Gasteiger partial charge >= 0.3 is 0 Å². The molecule has 104 valence electrons. The van der Waals surface area contributed by atoms with Crippen LogP contribution in [0, 0.1) is 41.4 Å². The van der Waals surface area contributed by atoms with Gasteiger partial charge in [0, 0.05) is 18.1 Å². The molecule has 6 rings (SSSR count). The maximum atomic E-state index is 3.89. The van der Waals surface area contributed by atoms with Gasteiger partial charge in [0.15, 0.2) is 0 Å². The molecule has 0 aromatic heterocycles. The molecule has 3 nitrogen and oxygen atoms in total. The highest BCUT2D eigenvalue weighted by atomic mass is 15.1. The van der Waals surface area contributed by atoms with Crippen molar-refractivity contribution in [1.82, 2.24) is 16.0 Å². The molecule has 3 N–H and O–H groups in total. The standard InChI is InChI=1S/C16H25N3/c1-3-17-15(9-5-7(1)9)11-10-6-19-16(12(10)11)13-8-2-4-18-14(8)13/h7-19H,1-6H2. The van der Waals surface area contributed by atoms with Gasteiger partial charge < -0.3 is 16.0 Å². The van der Waals surface area contributed by atoms with E-state index in [1.807, 2.05) is 0 Å². The van der Waals surface area contributed by atoms with Crippen molar-refractivity contribution < 1.29 is 0 Å². The van der Waals surface area contributed by atoms with Crippen molar-refractivity contribution in [3.63, 3.8) is 0 Å². The zero-order valence-electron chi connectivity index (χ0n) is 11.5. The number of piperidine rings is 3. The lowest BCUT2D eigenvalue weighted by atomic mass is 9.94. The summed E-state index contributed by atoms with van der Waals surface area (Å²) in [6.45, 7) is 3.91. The van der Waals surface area contributed by atoms with Crippen LogP contribution in [0.15, 0.2) is 0 Å². The fourth-order valence-corrected chi connectivity index (χ4v) is 6.53. The number of fused-ring (bicyclic) bond motifs is 3. The third-order valence-electron chi connectivity index (χ3n) is 7.55. The number of hydrogen-bond acceptors (Lipinski definition) is 3. The van der Waals surface area contributed by atoms with Crippen LogP contribution in [0.4, 0.5) is 0 Å². The first-order valence-electron chi connectivity index (χ1n) is 8.63. The van der Waals surface area contributed by atoms with Gasteiger partial charge in [-0.1, -0.05) is 0 Å². The maximum Gasteiger partial charge on any atom is 0.0148 e. The Bertz CT molecular complexity index is 414. The Hall–Kier alpha value is -0.120. The predicted octanol–water partition coefficient (Wildman–Crippen LogP) is 0.426. The van der Waals surface area contributed by atoms with E-state index in [1.165, 1.54) is 32.5 Å². The van der Waals surface area contributed by atoms with Crippen molar-refractivity contribution in [2.45, 2.75) is 37.4 Å². The van der Waals surface area contributed by atoms with Crippen LogP contribution in [0.5, 0.6) is 0 Å². The molecule has 3 heteroatoms. The summed E-state index contributed by atoms with van der Waals surface area (Å²) in [7, 11) is 0. The van der Waals surface area contributed by atoms with Gasteiger partial charge in [-0.15, -0.1) is 0 Å². The lowest BCUT2D eigenvalue weighted by Crippen LogP contribution is -2.43. The molecular formula is C16H25N3. The zero-order valence-corrected chi connectivity index (χ0v) is 11.5. The van der Waals surface area contributed by atoms with Crippen LogP contribution in [-0.2, 0) is 0 Å². The molecule has 10 atom stereocenters. The van der Waals surface area contributed by atoms with Gasteiger partial charge in [-0.05, 0) is 80.3 Å². The lowest BCUT2D eigenvalue weighted by molar-refractivity contribution is 0.292. The third kappa shape index (κ3) is 1.30. The summed E-state index contributed by atoms with van der Waals surface area (Å²) in [5.74, 6) is 7.32. The van der Waals surface area contributed by atoms with E-state index >= 15 is 0 Å². The average molecular weight is 259 g/mol. The summed E-state index contributed by atoms with van der Waals surface area (Å²) in [6.07, 6.45) is 4.45. The van der Waals surface area contributed by atoms with Crippen molar-refractivity contribution in [3.05, 3.63) is 0 Å². The second-order valence-corrected chi connectivity index (χ2v) is 8.19. The summed E-state index contributed by atoms with van der Waals surface area (Å²) >= 11 is 0. The van der Waals surface area contributed by atoms with Gasteiger partial charge in [0.2, 0.25) is 0 Å². The largest absolute Gasteiger partial charge is 0.313 e. The lowest BCUT2D eigenvalue weighted by Gasteiger charge is -2.27. The molecule has 0 aromatic rings. The zero-order chi connectivity index (χ0) is 12.1. The molecule has 0 aromatic carbocycles. The Morgan fingerprint density at radius 3 is 2.26 bits per heavy atom. The molecule has 3 aliphatic heterocycles. The van der Waals surface area contributed by atoms with Crippen LogP contribution in [0.1, 0.15) is 19.3 Å². The van der Waals surface area contributed by atoms with Gasteiger partial charge in [-0.3, -0.25) is 0 Å². The average Bonchev–Trinajstić information content (AvgIpc) is 3.38. The first-order valence-corrected chi connectivity index (χ1v) is 8.63. The van der Waals surface area contributed by atoms with Crippen LogP contribution in [0.2, 0.25) is 0 Å². The van der Waals surface area contributed by atoms with Crippen molar-refractivity contribution in [2.75, 3.05) is 19.6 Å². The smallest absolute Gasteiger partial charge is 0.0148 e. The minimum Gasteiger partial charge on any atom is -0.313 e. The number of hydrogen-bond donors (Lipinski definition) is 3. The number of rotatable bonds is 2. The van der Waals surface area contributed by atoms with E-state index in [1.54, 1.807) is 6.42 Å². The monoisotopic (exact) mass is 259 g/mol. The molecule has 3 saturated carbocycles. The van der Waals surface area contributed by atoms with E-state index < -0.39 is 0 Å². The Morgan fingerprint density at radius 2 is 1.42 bits per heavy atom. The first-order chi connectivity index (χ1) is 9.43. The molecule has 0 bridgehead atoms. The van der Waals surface area contributed by atoms with Crippen LogP contribution in [-0.4, -0.2) is 37.8 Å². The second kappa shape index (κ2) is 3.37. The molecule has 0 amide bonds. The van der Waals surface area contributed by atoms with Crippen molar-refractivity contribution in [1.29, 1.82) is 0 Å². The highest BCUT2D eigenvalue weighted by molar-refractivity contribution is 5.23. The second-order valence-electron chi connectivity index (χ2n) is 8.19. The molecule has 6 fully saturated rings. The van der Waals surface area contributed by atoms with Crippen molar-refractivity contribution in [3.8, 4) is 0 Å². The van der Waals surface area contributed by atoms with Crippen LogP contribution in [0.3, 0.4) is 0 Å². The van der Waals surface area contributed by atoms with Gasteiger partial charge in [-0.25, -0.2) is 0 Å². The summed E-state index contributed by atoms with van der Waals surface area (Å²) in [6, 6.07) is 2.68. The number of nitrogens with one attached hydrogen (secondary N) is 3. The van der Waals surface area contributed by atoms with Gasteiger partial charge in [-0.2, -0.15) is 0 Å². The summed E-state index contributed by atoms with van der Waals surface area (Å²) in [5.41, 5.74) is 0.